The fourth-order valence-corrected chi connectivity index (χ4v) is 3.95. The van der Waals surface area contributed by atoms with E-state index in [0.29, 0.717) is 17.1 Å². The number of hydrogen-bond acceptors (Lipinski definition) is 4. The van der Waals surface area contributed by atoms with Crippen molar-refractivity contribution in [2.75, 3.05) is 10.1 Å². The van der Waals surface area contributed by atoms with Gasteiger partial charge in [0.1, 0.15) is 11.5 Å². The average Bonchev–Trinajstić information content (AvgIpc) is 2.67. The summed E-state index contributed by atoms with van der Waals surface area (Å²) < 4.78 is 69.9. The van der Waals surface area contributed by atoms with Crippen molar-refractivity contribution in [1.29, 1.82) is 0 Å². The quantitative estimate of drug-likeness (QED) is 0.550. The summed E-state index contributed by atoms with van der Waals surface area (Å²) in [6.07, 6.45) is -1.97. The maximum absolute atomic E-state index is 12.8. The van der Waals surface area contributed by atoms with E-state index in [-0.39, 0.29) is 12.2 Å². The number of aromatic nitrogens is 1. The molecule has 5 nitrogen and oxygen atoms in total. The van der Waals surface area contributed by atoms with Crippen molar-refractivity contribution in [2.45, 2.75) is 12.7 Å². The summed E-state index contributed by atoms with van der Waals surface area (Å²) in [7, 11) is -4.66. The fourth-order valence-electron chi connectivity index (χ4n) is 2.59. The number of hydrogen-bond donors (Lipinski definition) is 0. The van der Waals surface area contributed by atoms with Gasteiger partial charge >= 0.3 is 6.18 Å². The molecule has 29 heavy (non-hydrogen) atoms. The number of para-hydroxylation sites is 1. The minimum Gasteiger partial charge on any atom is -0.457 e. The van der Waals surface area contributed by atoms with Crippen LogP contribution in [0.3, 0.4) is 0 Å². The largest absolute Gasteiger partial charge is 0.457 e. The maximum atomic E-state index is 12.8. The molecule has 0 unspecified atom stereocenters. The molecule has 1 aromatic heterocycles. The van der Waals surface area contributed by atoms with Gasteiger partial charge in [-0.3, -0.25) is 9.29 Å². The second kappa shape index (κ2) is 8.52. The van der Waals surface area contributed by atoms with Crippen LogP contribution in [0.25, 0.3) is 0 Å². The Labute approximate surface area is 166 Å². The van der Waals surface area contributed by atoms with Crippen LogP contribution in [0, 0.1) is 0 Å². The predicted molar refractivity (Wildman–Crippen MR) is 103 cm³/mol. The number of anilines is 1. The van der Waals surface area contributed by atoms with E-state index >= 15 is 0 Å². The highest BCUT2D eigenvalue weighted by Gasteiger charge is 2.38. The van der Waals surface area contributed by atoms with E-state index in [0.717, 1.165) is 4.31 Å². The van der Waals surface area contributed by atoms with Gasteiger partial charge in [-0.15, -0.1) is 0 Å². The molecule has 0 amide bonds. The van der Waals surface area contributed by atoms with E-state index in [1.165, 1.54) is 36.7 Å². The Morgan fingerprint density at radius 1 is 0.862 bits per heavy atom. The minimum absolute atomic E-state index is 0.103. The summed E-state index contributed by atoms with van der Waals surface area (Å²) in [5, 5.41) is 0. The number of benzene rings is 2. The van der Waals surface area contributed by atoms with E-state index in [4.69, 9.17) is 4.74 Å². The van der Waals surface area contributed by atoms with Gasteiger partial charge in [0, 0.05) is 12.4 Å². The lowest BCUT2D eigenvalue weighted by molar-refractivity contribution is -0.106. The molecule has 3 aromatic rings. The van der Waals surface area contributed by atoms with Crippen molar-refractivity contribution in [2.24, 2.45) is 0 Å². The second-order valence-corrected chi connectivity index (χ2v) is 8.04. The molecule has 0 N–H and O–H groups in total. The third kappa shape index (κ3) is 5.95. The second-order valence-electron chi connectivity index (χ2n) is 6.14. The number of halogens is 3. The van der Waals surface area contributed by atoms with Crippen molar-refractivity contribution >= 4 is 15.7 Å². The summed E-state index contributed by atoms with van der Waals surface area (Å²) >= 11 is 0. The molecular weight excluding hydrogens is 405 g/mol. The molecule has 0 radical (unpaired) electrons. The fraction of sp³-hybridized carbons (Fsp3) is 0.150. The molecule has 0 saturated heterocycles. The topological polar surface area (TPSA) is 59.5 Å². The molecule has 0 saturated carbocycles. The summed E-state index contributed by atoms with van der Waals surface area (Å²) in [4.78, 5) is 3.83. The van der Waals surface area contributed by atoms with E-state index in [2.05, 4.69) is 4.98 Å². The van der Waals surface area contributed by atoms with E-state index in [1.807, 2.05) is 6.07 Å². The van der Waals surface area contributed by atoms with Crippen LogP contribution in [0.4, 0.5) is 18.9 Å². The molecule has 0 atom stereocenters. The van der Waals surface area contributed by atoms with Crippen LogP contribution in [0.2, 0.25) is 0 Å². The zero-order valence-electron chi connectivity index (χ0n) is 15.1. The van der Waals surface area contributed by atoms with Gasteiger partial charge in [0.2, 0.25) is 10.0 Å². The number of sulfonamides is 1. The molecule has 0 bridgehead atoms. The van der Waals surface area contributed by atoms with Gasteiger partial charge in [0.05, 0.1) is 12.2 Å². The average molecular weight is 422 g/mol. The molecule has 0 spiro atoms. The Bertz CT molecular complexity index is 1030. The normalized spacial score (nSPS) is 11.8. The first kappa shape index (κ1) is 20.7. The van der Waals surface area contributed by atoms with Crippen molar-refractivity contribution in [1.82, 2.24) is 4.98 Å². The first-order valence-electron chi connectivity index (χ1n) is 8.52. The molecule has 3 rings (SSSR count). The summed E-state index contributed by atoms with van der Waals surface area (Å²) in [6, 6.07) is 17.8. The van der Waals surface area contributed by atoms with Crippen LogP contribution in [0.1, 0.15) is 5.56 Å². The van der Waals surface area contributed by atoms with Crippen molar-refractivity contribution < 1.29 is 26.3 Å². The molecule has 1 heterocycles. The summed E-state index contributed by atoms with van der Waals surface area (Å²) in [6.45, 7) is -0.250. The smallest absolute Gasteiger partial charge is 0.404 e. The number of alkyl halides is 3. The third-order valence-electron chi connectivity index (χ3n) is 3.86. The molecule has 0 aliphatic heterocycles. The highest BCUT2D eigenvalue weighted by Crippen LogP contribution is 2.29. The first-order valence-corrected chi connectivity index (χ1v) is 10.1. The lowest BCUT2D eigenvalue weighted by Crippen LogP contribution is -2.37. The van der Waals surface area contributed by atoms with E-state index in [1.54, 1.807) is 36.4 Å². The van der Waals surface area contributed by atoms with Crippen LogP contribution in [0.15, 0.2) is 79.1 Å². The zero-order chi connectivity index (χ0) is 20.9. The minimum atomic E-state index is -4.86. The maximum Gasteiger partial charge on any atom is 0.404 e. The van der Waals surface area contributed by atoms with Gasteiger partial charge in [0.25, 0.3) is 0 Å². The van der Waals surface area contributed by atoms with Crippen molar-refractivity contribution in [3.8, 4) is 11.5 Å². The Balaban J connectivity index is 1.89. The van der Waals surface area contributed by atoms with Crippen LogP contribution in [0.5, 0.6) is 11.5 Å². The van der Waals surface area contributed by atoms with Crippen LogP contribution in [-0.4, -0.2) is 25.3 Å². The Kier molecular flexibility index (Phi) is 6.07. The Hall–Kier alpha value is -3.07. The molecular formula is C20H17F3N2O3S. The molecule has 0 fully saturated rings. The van der Waals surface area contributed by atoms with Gasteiger partial charge in [-0.25, -0.2) is 8.42 Å². The third-order valence-corrected chi connectivity index (χ3v) is 5.56. The zero-order valence-corrected chi connectivity index (χ0v) is 15.9. The number of pyridine rings is 1. The lowest BCUT2D eigenvalue weighted by atomic mass is 10.2. The Morgan fingerprint density at radius 2 is 1.45 bits per heavy atom. The van der Waals surface area contributed by atoms with Gasteiger partial charge in [-0.1, -0.05) is 18.2 Å². The summed E-state index contributed by atoms with van der Waals surface area (Å²) in [5.74, 6) is -0.941. The molecule has 9 heteroatoms. The summed E-state index contributed by atoms with van der Waals surface area (Å²) in [5.41, 5.74) is 0.613. The molecule has 0 aliphatic rings. The molecule has 2 aromatic carbocycles. The van der Waals surface area contributed by atoms with Crippen LogP contribution >= 0.6 is 0 Å². The van der Waals surface area contributed by atoms with Gasteiger partial charge in [-0.2, -0.15) is 13.2 Å². The number of nitrogens with zero attached hydrogens (tertiary/aromatic N) is 2. The van der Waals surface area contributed by atoms with Crippen LogP contribution < -0.4 is 9.04 Å². The standard InChI is InChI=1S/C20H17F3N2O3S/c21-20(22,23)15-29(26,27)25(14-16-10-12-24-13-11-16)17-6-8-19(9-7-17)28-18-4-2-1-3-5-18/h1-13H,14-15H2. The van der Waals surface area contributed by atoms with Gasteiger partial charge < -0.3 is 4.74 Å². The lowest BCUT2D eigenvalue weighted by Gasteiger charge is -2.25. The first-order chi connectivity index (χ1) is 13.7. The van der Waals surface area contributed by atoms with Gasteiger partial charge in [-0.05, 0) is 54.1 Å². The van der Waals surface area contributed by atoms with E-state index < -0.39 is 22.0 Å². The van der Waals surface area contributed by atoms with Crippen molar-refractivity contribution in [3.63, 3.8) is 0 Å². The highest BCUT2D eigenvalue weighted by atomic mass is 32.2. The molecule has 152 valence electrons. The van der Waals surface area contributed by atoms with E-state index in [9.17, 15) is 21.6 Å². The monoisotopic (exact) mass is 422 g/mol. The SMILES string of the molecule is O=S(=O)(CC(F)(F)F)N(Cc1ccncc1)c1ccc(Oc2ccccc2)cc1. The molecule has 0 aliphatic carbocycles. The highest BCUT2D eigenvalue weighted by molar-refractivity contribution is 7.92. The predicted octanol–water partition coefficient (Wildman–Crippen LogP) is 4.77. The number of ether oxygens (including phenoxy) is 1. The van der Waals surface area contributed by atoms with Crippen LogP contribution in [-0.2, 0) is 16.6 Å². The van der Waals surface area contributed by atoms with Gasteiger partial charge in [0.15, 0.2) is 5.75 Å². The number of rotatable bonds is 7. The van der Waals surface area contributed by atoms with Crippen molar-refractivity contribution in [3.05, 3.63) is 84.7 Å². The Morgan fingerprint density at radius 3 is 2.03 bits per heavy atom.